The van der Waals surface area contributed by atoms with Gasteiger partial charge < -0.3 is 10.1 Å². The van der Waals surface area contributed by atoms with Gasteiger partial charge in [-0.15, -0.1) is 0 Å². The first-order valence-electron chi connectivity index (χ1n) is 6.00. The highest BCUT2D eigenvalue weighted by atomic mass is 79.9. The molecule has 0 saturated carbocycles. The summed E-state index contributed by atoms with van der Waals surface area (Å²) >= 11 is 3.31. The van der Waals surface area contributed by atoms with Crippen molar-refractivity contribution < 1.29 is 22.3 Å². The summed E-state index contributed by atoms with van der Waals surface area (Å²) in [5, 5.41) is 2.91. The normalized spacial score (nSPS) is 13.8. The molecule has 0 aliphatic heterocycles. The summed E-state index contributed by atoms with van der Waals surface area (Å²) in [7, 11) is 1.66. The standard InChI is InChI=1S/C13H16BrF4NO/c1-19-11(6-9-2-4-10(14)5-3-9)7-20-8-13(17,18)12(15)16/h2-5,11-12,19H,6-8H2,1H3. The Kier molecular flexibility index (Phi) is 6.91. The Balaban J connectivity index is 2.42. The molecule has 1 rings (SSSR count). The predicted molar refractivity (Wildman–Crippen MR) is 72.5 cm³/mol. The maximum atomic E-state index is 12.7. The zero-order valence-electron chi connectivity index (χ0n) is 10.9. The zero-order chi connectivity index (χ0) is 15.2. The van der Waals surface area contributed by atoms with E-state index in [0.29, 0.717) is 6.42 Å². The molecule has 0 fully saturated rings. The quantitative estimate of drug-likeness (QED) is 0.719. The van der Waals surface area contributed by atoms with Gasteiger partial charge in [0.1, 0.15) is 6.61 Å². The van der Waals surface area contributed by atoms with Crippen LogP contribution in [0.25, 0.3) is 0 Å². The second kappa shape index (κ2) is 7.95. The molecular formula is C13H16BrF4NO. The average molecular weight is 358 g/mol. The molecule has 0 aromatic heterocycles. The van der Waals surface area contributed by atoms with Crippen LogP contribution in [-0.4, -0.2) is 38.7 Å². The molecule has 0 amide bonds. The van der Waals surface area contributed by atoms with E-state index in [1.165, 1.54) is 0 Å². The lowest BCUT2D eigenvalue weighted by molar-refractivity contribution is -0.166. The minimum Gasteiger partial charge on any atom is -0.373 e. The van der Waals surface area contributed by atoms with Crippen LogP contribution in [0.3, 0.4) is 0 Å². The second-order valence-corrected chi connectivity index (χ2v) is 5.31. The smallest absolute Gasteiger partial charge is 0.330 e. The zero-order valence-corrected chi connectivity index (χ0v) is 12.5. The molecule has 1 atom stereocenters. The average Bonchev–Trinajstić information content (AvgIpc) is 2.39. The Hall–Kier alpha value is -0.660. The lowest BCUT2D eigenvalue weighted by atomic mass is 10.1. The van der Waals surface area contributed by atoms with Gasteiger partial charge in [0.15, 0.2) is 0 Å². The third-order valence-electron chi connectivity index (χ3n) is 2.74. The van der Waals surface area contributed by atoms with E-state index in [1.807, 2.05) is 24.3 Å². The highest BCUT2D eigenvalue weighted by Gasteiger charge is 2.41. The van der Waals surface area contributed by atoms with E-state index in [0.717, 1.165) is 10.0 Å². The summed E-state index contributed by atoms with van der Waals surface area (Å²) in [4.78, 5) is 0. The van der Waals surface area contributed by atoms with Crippen molar-refractivity contribution in [3.8, 4) is 0 Å². The first-order valence-corrected chi connectivity index (χ1v) is 6.80. The van der Waals surface area contributed by atoms with E-state index in [4.69, 9.17) is 4.74 Å². The highest BCUT2D eigenvalue weighted by Crippen LogP contribution is 2.23. The Morgan fingerprint density at radius 2 is 1.85 bits per heavy atom. The molecule has 0 aliphatic carbocycles. The van der Waals surface area contributed by atoms with Crippen molar-refractivity contribution in [1.82, 2.24) is 5.32 Å². The third kappa shape index (κ3) is 5.76. The SMILES string of the molecule is CNC(COCC(F)(F)C(F)F)Cc1ccc(Br)cc1. The molecule has 114 valence electrons. The summed E-state index contributed by atoms with van der Waals surface area (Å²) < 4.78 is 54.9. The van der Waals surface area contributed by atoms with Crippen molar-refractivity contribution in [2.24, 2.45) is 0 Å². The van der Waals surface area contributed by atoms with Gasteiger partial charge in [0.2, 0.25) is 0 Å². The second-order valence-electron chi connectivity index (χ2n) is 4.39. The fraction of sp³-hybridized carbons (Fsp3) is 0.538. The third-order valence-corrected chi connectivity index (χ3v) is 3.27. The summed E-state index contributed by atoms with van der Waals surface area (Å²) in [6.07, 6.45) is -3.15. The van der Waals surface area contributed by atoms with Crippen molar-refractivity contribution in [3.63, 3.8) is 0 Å². The number of rotatable bonds is 8. The van der Waals surface area contributed by atoms with Crippen LogP contribution in [0.5, 0.6) is 0 Å². The molecule has 1 N–H and O–H groups in total. The molecule has 0 aliphatic rings. The van der Waals surface area contributed by atoms with Crippen LogP contribution in [0.4, 0.5) is 17.6 Å². The van der Waals surface area contributed by atoms with E-state index in [-0.39, 0.29) is 12.6 Å². The van der Waals surface area contributed by atoms with Gasteiger partial charge in [-0.3, -0.25) is 0 Å². The van der Waals surface area contributed by atoms with Crippen LogP contribution in [0, 0.1) is 0 Å². The van der Waals surface area contributed by atoms with Gasteiger partial charge in [0, 0.05) is 10.5 Å². The lowest BCUT2D eigenvalue weighted by Crippen LogP contribution is -2.37. The molecular weight excluding hydrogens is 342 g/mol. The van der Waals surface area contributed by atoms with Gasteiger partial charge >= 0.3 is 12.3 Å². The van der Waals surface area contributed by atoms with Crippen LogP contribution in [0.15, 0.2) is 28.7 Å². The Labute approximate surface area is 123 Å². The molecule has 0 saturated heterocycles. The van der Waals surface area contributed by atoms with Gasteiger partial charge in [-0.2, -0.15) is 8.78 Å². The fourth-order valence-electron chi connectivity index (χ4n) is 1.55. The van der Waals surface area contributed by atoms with Gasteiger partial charge in [-0.1, -0.05) is 28.1 Å². The number of alkyl halides is 4. The maximum absolute atomic E-state index is 12.7. The largest absolute Gasteiger partial charge is 0.373 e. The highest BCUT2D eigenvalue weighted by molar-refractivity contribution is 9.10. The maximum Gasteiger partial charge on any atom is 0.330 e. The minimum absolute atomic E-state index is 0.0606. The van der Waals surface area contributed by atoms with E-state index < -0.39 is 19.0 Å². The Bertz CT molecular complexity index is 400. The molecule has 0 bridgehead atoms. The predicted octanol–water partition coefficient (Wildman–Crippen LogP) is 3.50. The van der Waals surface area contributed by atoms with Crippen molar-refractivity contribution in [2.75, 3.05) is 20.3 Å². The lowest BCUT2D eigenvalue weighted by Gasteiger charge is -2.19. The summed E-state index contributed by atoms with van der Waals surface area (Å²) in [6.45, 7) is -1.34. The van der Waals surface area contributed by atoms with Crippen LogP contribution >= 0.6 is 15.9 Å². The van der Waals surface area contributed by atoms with Gasteiger partial charge in [0.25, 0.3) is 0 Å². The Morgan fingerprint density at radius 3 is 2.35 bits per heavy atom. The number of ether oxygens (including phenoxy) is 1. The Morgan fingerprint density at radius 1 is 1.25 bits per heavy atom. The number of benzene rings is 1. The number of hydrogen-bond acceptors (Lipinski definition) is 2. The van der Waals surface area contributed by atoms with Gasteiger partial charge in [-0.25, -0.2) is 8.78 Å². The van der Waals surface area contributed by atoms with E-state index in [1.54, 1.807) is 7.05 Å². The van der Waals surface area contributed by atoms with Crippen LogP contribution < -0.4 is 5.32 Å². The molecule has 20 heavy (non-hydrogen) atoms. The van der Waals surface area contributed by atoms with Crippen LogP contribution in [-0.2, 0) is 11.2 Å². The minimum atomic E-state index is -4.10. The van der Waals surface area contributed by atoms with E-state index in [9.17, 15) is 17.6 Å². The number of hydrogen-bond donors (Lipinski definition) is 1. The monoisotopic (exact) mass is 357 g/mol. The molecule has 1 aromatic carbocycles. The van der Waals surface area contributed by atoms with Crippen LogP contribution in [0.2, 0.25) is 0 Å². The van der Waals surface area contributed by atoms with Gasteiger partial charge in [-0.05, 0) is 31.2 Å². The first-order chi connectivity index (χ1) is 9.35. The van der Waals surface area contributed by atoms with Crippen molar-refractivity contribution in [3.05, 3.63) is 34.3 Å². The molecule has 0 radical (unpaired) electrons. The summed E-state index contributed by atoms with van der Waals surface area (Å²) in [5.74, 6) is -4.10. The first kappa shape index (κ1) is 17.4. The molecule has 0 spiro atoms. The topological polar surface area (TPSA) is 21.3 Å². The molecule has 2 nitrogen and oxygen atoms in total. The van der Waals surface area contributed by atoms with Crippen molar-refractivity contribution >= 4 is 15.9 Å². The molecule has 1 aromatic rings. The number of likely N-dealkylation sites (N-methyl/N-ethyl adjacent to an activating group) is 1. The van der Waals surface area contributed by atoms with Crippen LogP contribution in [0.1, 0.15) is 5.56 Å². The fourth-order valence-corrected chi connectivity index (χ4v) is 1.81. The van der Waals surface area contributed by atoms with E-state index in [2.05, 4.69) is 21.2 Å². The van der Waals surface area contributed by atoms with Gasteiger partial charge in [0.05, 0.1) is 6.61 Å². The summed E-state index contributed by atoms with van der Waals surface area (Å²) in [6, 6.07) is 7.30. The summed E-state index contributed by atoms with van der Waals surface area (Å²) in [5.41, 5.74) is 0.997. The van der Waals surface area contributed by atoms with E-state index >= 15 is 0 Å². The van der Waals surface area contributed by atoms with Crippen molar-refractivity contribution in [2.45, 2.75) is 24.8 Å². The molecule has 0 heterocycles. The molecule has 7 heteroatoms. The van der Waals surface area contributed by atoms with Crippen molar-refractivity contribution in [1.29, 1.82) is 0 Å². The number of nitrogens with one attached hydrogen (secondary N) is 1. The number of halogens is 5. The molecule has 1 unspecified atom stereocenters.